The molecule has 0 aliphatic heterocycles. The van der Waals surface area contributed by atoms with Gasteiger partial charge in [0.1, 0.15) is 5.75 Å². The summed E-state index contributed by atoms with van der Waals surface area (Å²) in [6, 6.07) is 5.49. The first-order chi connectivity index (χ1) is 9.19. The predicted molar refractivity (Wildman–Crippen MR) is 75.5 cm³/mol. The molecule has 0 radical (unpaired) electrons. The summed E-state index contributed by atoms with van der Waals surface area (Å²) in [5, 5.41) is 11.2. The van der Waals surface area contributed by atoms with Crippen molar-refractivity contribution in [3.63, 3.8) is 0 Å². The number of aromatic carboxylic acids is 1. The van der Waals surface area contributed by atoms with Crippen molar-refractivity contribution < 1.29 is 23.1 Å². The van der Waals surface area contributed by atoms with E-state index in [9.17, 15) is 18.0 Å². The molecule has 0 saturated heterocycles. The van der Waals surface area contributed by atoms with Crippen LogP contribution in [0.4, 0.5) is 5.69 Å². The molecule has 6 nitrogen and oxygen atoms in total. The Balaban J connectivity index is 2.65. The predicted octanol–water partition coefficient (Wildman–Crippen LogP) is 1.39. The van der Waals surface area contributed by atoms with Crippen LogP contribution in [0.2, 0.25) is 0 Å². The fourth-order valence-electron chi connectivity index (χ4n) is 1.66. The minimum absolute atomic E-state index is 0.0392. The highest BCUT2D eigenvalue weighted by molar-refractivity contribution is 7.92. The largest absolute Gasteiger partial charge is 0.478 e. The smallest absolute Gasteiger partial charge is 0.335 e. The molecule has 0 fully saturated rings. The van der Waals surface area contributed by atoms with Gasteiger partial charge < -0.3 is 10.4 Å². The van der Waals surface area contributed by atoms with Gasteiger partial charge in [-0.2, -0.15) is 0 Å². The normalized spacial score (nSPS) is 11.3. The average Bonchev–Trinajstić information content (AvgIpc) is 2.26. The number of carboxylic acid groups (broad SMARTS) is 1. The molecule has 7 heteroatoms. The number of benzene rings is 1. The molecular formula is C13H17NO5S. The summed E-state index contributed by atoms with van der Waals surface area (Å²) >= 11 is 0. The summed E-state index contributed by atoms with van der Waals surface area (Å²) in [7, 11) is -3.43. The Morgan fingerprint density at radius 2 is 1.75 bits per heavy atom. The van der Waals surface area contributed by atoms with Gasteiger partial charge in [-0.05, 0) is 30.2 Å². The highest BCUT2D eigenvalue weighted by Gasteiger charge is 2.18. The van der Waals surface area contributed by atoms with E-state index in [4.69, 9.17) is 5.11 Å². The van der Waals surface area contributed by atoms with Crippen LogP contribution in [-0.4, -0.2) is 36.9 Å². The van der Waals surface area contributed by atoms with Crippen LogP contribution in [0.15, 0.2) is 24.3 Å². The Morgan fingerprint density at radius 1 is 1.20 bits per heavy atom. The van der Waals surface area contributed by atoms with E-state index in [1.807, 2.05) is 0 Å². The van der Waals surface area contributed by atoms with E-state index in [0.29, 0.717) is 5.69 Å². The lowest BCUT2D eigenvalue weighted by molar-refractivity contribution is -0.113. The van der Waals surface area contributed by atoms with Crippen LogP contribution in [0.5, 0.6) is 0 Å². The first-order valence-corrected chi connectivity index (χ1v) is 7.85. The molecule has 20 heavy (non-hydrogen) atoms. The number of rotatable bonds is 6. The third-order valence-corrected chi connectivity index (χ3v) is 4.23. The maximum absolute atomic E-state index is 11.6. The zero-order valence-corrected chi connectivity index (χ0v) is 12.1. The maximum atomic E-state index is 11.6. The topological polar surface area (TPSA) is 101 Å². The quantitative estimate of drug-likeness (QED) is 0.826. The molecule has 0 saturated carbocycles. The Hall–Kier alpha value is -1.89. The van der Waals surface area contributed by atoms with Gasteiger partial charge in [-0.3, -0.25) is 4.79 Å². The van der Waals surface area contributed by atoms with Crippen LogP contribution in [-0.2, 0) is 14.6 Å². The Morgan fingerprint density at radius 3 is 2.20 bits per heavy atom. The van der Waals surface area contributed by atoms with E-state index in [-0.39, 0.29) is 17.2 Å². The molecule has 110 valence electrons. The maximum Gasteiger partial charge on any atom is 0.335 e. The SMILES string of the molecule is CC(C)CS(=O)(=O)CC(=O)Nc1ccc(C(=O)O)cc1. The van der Waals surface area contributed by atoms with Gasteiger partial charge in [-0.15, -0.1) is 0 Å². The summed E-state index contributed by atoms with van der Waals surface area (Å²) in [6.07, 6.45) is 0. The highest BCUT2D eigenvalue weighted by Crippen LogP contribution is 2.10. The van der Waals surface area contributed by atoms with Crippen molar-refractivity contribution in [3.05, 3.63) is 29.8 Å². The van der Waals surface area contributed by atoms with Crippen LogP contribution >= 0.6 is 0 Å². The monoisotopic (exact) mass is 299 g/mol. The summed E-state index contributed by atoms with van der Waals surface area (Å²) in [5.41, 5.74) is 0.454. The lowest BCUT2D eigenvalue weighted by Crippen LogP contribution is -2.26. The number of hydrogen-bond acceptors (Lipinski definition) is 4. The van der Waals surface area contributed by atoms with Gasteiger partial charge in [0.2, 0.25) is 5.91 Å². The van der Waals surface area contributed by atoms with Gasteiger partial charge in [-0.1, -0.05) is 13.8 Å². The van der Waals surface area contributed by atoms with Crippen molar-refractivity contribution in [1.29, 1.82) is 0 Å². The second kappa shape index (κ2) is 6.51. The number of hydrogen-bond donors (Lipinski definition) is 2. The summed E-state index contributed by atoms with van der Waals surface area (Å²) in [5.74, 6) is -2.36. The van der Waals surface area contributed by atoms with Crippen LogP contribution < -0.4 is 5.32 Å². The van der Waals surface area contributed by atoms with Crippen molar-refractivity contribution in [1.82, 2.24) is 0 Å². The third-order valence-electron chi connectivity index (χ3n) is 2.35. The highest BCUT2D eigenvalue weighted by atomic mass is 32.2. The molecule has 0 heterocycles. The average molecular weight is 299 g/mol. The summed E-state index contributed by atoms with van der Waals surface area (Å²) in [6.45, 7) is 3.53. The van der Waals surface area contributed by atoms with Crippen molar-refractivity contribution in [3.8, 4) is 0 Å². The van der Waals surface area contributed by atoms with Crippen molar-refractivity contribution in [2.24, 2.45) is 5.92 Å². The van der Waals surface area contributed by atoms with E-state index in [1.165, 1.54) is 24.3 Å². The van der Waals surface area contributed by atoms with Gasteiger partial charge in [0.25, 0.3) is 0 Å². The van der Waals surface area contributed by atoms with Crippen LogP contribution in [0.1, 0.15) is 24.2 Å². The Bertz CT molecular complexity index is 590. The molecule has 0 aromatic heterocycles. The minimum atomic E-state index is -3.43. The Labute approximate surface area is 117 Å². The molecule has 0 bridgehead atoms. The zero-order valence-electron chi connectivity index (χ0n) is 11.3. The lowest BCUT2D eigenvalue weighted by Gasteiger charge is -2.08. The van der Waals surface area contributed by atoms with Crippen molar-refractivity contribution in [2.75, 3.05) is 16.8 Å². The first-order valence-electron chi connectivity index (χ1n) is 6.03. The molecule has 0 spiro atoms. The summed E-state index contributed by atoms with van der Waals surface area (Å²) < 4.78 is 23.3. The number of carbonyl (C=O) groups is 2. The molecule has 0 aliphatic carbocycles. The molecule has 2 N–H and O–H groups in total. The number of sulfone groups is 1. The molecule has 0 unspecified atom stereocenters. The molecular weight excluding hydrogens is 282 g/mol. The van der Waals surface area contributed by atoms with Gasteiger partial charge in [-0.25, -0.2) is 13.2 Å². The first kappa shape index (κ1) is 16.2. The lowest BCUT2D eigenvalue weighted by atomic mass is 10.2. The second-order valence-electron chi connectivity index (χ2n) is 4.88. The molecule has 1 rings (SSSR count). The standard InChI is InChI=1S/C13H17NO5S/c1-9(2)7-20(18,19)8-12(15)14-11-5-3-10(4-6-11)13(16)17/h3-6,9H,7-8H2,1-2H3,(H,14,15)(H,16,17). The van der Waals surface area contributed by atoms with Crippen molar-refractivity contribution >= 4 is 27.4 Å². The van der Waals surface area contributed by atoms with E-state index in [1.54, 1.807) is 13.8 Å². The van der Waals surface area contributed by atoms with Gasteiger partial charge in [0.15, 0.2) is 9.84 Å². The molecule has 0 aliphatic rings. The number of carboxylic acids is 1. The molecule has 1 amide bonds. The molecule has 0 atom stereocenters. The van der Waals surface area contributed by atoms with E-state index in [2.05, 4.69) is 5.32 Å². The van der Waals surface area contributed by atoms with Crippen molar-refractivity contribution in [2.45, 2.75) is 13.8 Å². The Kier molecular flexibility index (Phi) is 5.26. The van der Waals surface area contributed by atoms with Crippen LogP contribution in [0.3, 0.4) is 0 Å². The summed E-state index contributed by atoms with van der Waals surface area (Å²) in [4.78, 5) is 22.3. The number of carbonyl (C=O) groups excluding carboxylic acids is 1. The number of anilines is 1. The molecule has 1 aromatic carbocycles. The van der Waals surface area contributed by atoms with Crippen LogP contribution in [0.25, 0.3) is 0 Å². The zero-order chi connectivity index (χ0) is 15.3. The third kappa shape index (κ3) is 5.40. The van der Waals surface area contributed by atoms with Crippen LogP contribution in [0, 0.1) is 5.92 Å². The number of nitrogens with one attached hydrogen (secondary N) is 1. The minimum Gasteiger partial charge on any atom is -0.478 e. The van der Waals surface area contributed by atoms with Gasteiger partial charge in [0.05, 0.1) is 11.3 Å². The van der Waals surface area contributed by atoms with Gasteiger partial charge in [0, 0.05) is 5.69 Å². The number of amides is 1. The van der Waals surface area contributed by atoms with E-state index >= 15 is 0 Å². The van der Waals surface area contributed by atoms with Gasteiger partial charge >= 0.3 is 5.97 Å². The fraction of sp³-hybridized carbons (Fsp3) is 0.385. The van der Waals surface area contributed by atoms with E-state index < -0.39 is 27.5 Å². The fourth-order valence-corrected chi connectivity index (χ4v) is 3.26. The van der Waals surface area contributed by atoms with E-state index in [0.717, 1.165) is 0 Å². The second-order valence-corrected chi connectivity index (χ2v) is 6.99. The molecule has 1 aromatic rings.